The maximum Gasteiger partial charge on any atom is 0.223 e. The number of carbonyl (C=O) groups excluding carboxylic acids is 1. The predicted octanol–water partition coefficient (Wildman–Crippen LogP) is 2.02. The van der Waals surface area contributed by atoms with Crippen LogP contribution >= 0.6 is 0 Å². The lowest BCUT2D eigenvalue weighted by atomic mass is 9.87. The Morgan fingerprint density at radius 3 is 3.00 bits per heavy atom. The van der Waals surface area contributed by atoms with Gasteiger partial charge in [-0.05, 0) is 49.4 Å². The van der Waals surface area contributed by atoms with Crippen molar-refractivity contribution in [1.29, 1.82) is 0 Å². The van der Waals surface area contributed by atoms with Gasteiger partial charge in [-0.1, -0.05) is 12.1 Å². The van der Waals surface area contributed by atoms with Crippen LogP contribution in [0.4, 0.5) is 5.69 Å². The molecule has 1 fully saturated rings. The fourth-order valence-corrected chi connectivity index (χ4v) is 3.55. The highest BCUT2D eigenvalue weighted by Gasteiger charge is 2.25. The van der Waals surface area contributed by atoms with E-state index >= 15 is 0 Å². The van der Waals surface area contributed by atoms with Crippen LogP contribution in [0.15, 0.2) is 18.2 Å². The van der Waals surface area contributed by atoms with Crippen molar-refractivity contribution < 1.29 is 9.90 Å². The number of nitrogens with one attached hydrogen (secondary N) is 1. The molecule has 0 radical (unpaired) electrons. The van der Waals surface area contributed by atoms with E-state index in [2.05, 4.69) is 11.4 Å². The Bertz CT molecular complexity index is 524. The molecule has 21 heavy (non-hydrogen) atoms. The highest BCUT2D eigenvalue weighted by Crippen LogP contribution is 2.33. The Morgan fingerprint density at radius 2 is 2.29 bits per heavy atom. The van der Waals surface area contributed by atoms with Crippen molar-refractivity contribution in [1.82, 2.24) is 5.32 Å². The number of aliphatic hydroxyl groups is 1. The van der Waals surface area contributed by atoms with Gasteiger partial charge in [0, 0.05) is 31.6 Å². The van der Waals surface area contributed by atoms with Crippen molar-refractivity contribution in [3.8, 4) is 0 Å². The second kappa shape index (κ2) is 6.16. The Labute approximate surface area is 126 Å². The normalized spacial score (nSPS) is 23.5. The largest absolute Gasteiger partial charge is 0.388 e. The number of piperidine rings is 1. The van der Waals surface area contributed by atoms with Gasteiger partial charge >= 0.3 is 0 Å². The number of amides is 1. The van der Waals surface area contributed by atoms with E-state index < -0.39 is 6.10 Å². The molecule has 4 heteroatoms. The van der Waals surface area contributed by atoms with Crippen molar-refractivity contribution in [2.45, 2.75) is 38.7 Å². The first-order chi connectivity index (χ1) is 10.2. The van der Waals surface area contributed by atoms with Gasteiger partial charge in [0.1, 0.15) is 0 Å². The molecule has 2 atom stereocenters. The smallest absolute Gasteiger partial charge is 0.223 e. The zero-order valence-electron chi connectivity index (χ0n) is 12.6. The summed E-state index contributed by atoms with van der Waals surface area (Å²) < 4.78 is 0. The van der Waals surface area contributed by atoms with Crippen LogP contribution in [0.2, 0.25) is 0 Å². The van der Waals surface area contributed by atoms with Crippen molar-refractivity contribution >= 4 is 11.6 Å². The average Bonchev–Trinajstić information content (AvgIpc) is 2.53. The van der Waals surface area contributed by atoms with Gasteiger partial charge in [-0.15, -0.1) is 0 Å². The molecular formula is C17H24N2O2. The van der Waals surface area contributed by atoms with Crippen molar-refractivity contribution in [3.05, 3.63) is 29.3 Å². The SMILES string of the molecule is CC(=O)N1CCCc2cc(C(O)C3CCCNC3)ccc21. The number of hydrogen-bond acceptors (Lipinski definition) is 3. The Kier molecular flexibility index (Phi) is 4.27. The summed E-state index contributed by atoms with van der Waals surface area (Å²) in [5.41, 5.74) is 3.20. The molecule has 0 aromatic heterocycles. The van der Waals surface area contributed by atoms with Crippen LogP contribution in [0.3, 0.4) is 0 Å². The van der Waals surface area contributed by atoms with Crippen LogP contribution < -0.4 is 10.2 Å². The molecule has 1 amide bonds. The van der Waals surface area contributed by atoms with Crippen molar-refractivity contribution in [2.24, 2.45) is 5.92 Å². The van der Waals surface area contributed by atoms with E-state index in [1.165, 1.54) is 5.56 Å². The topological polar surface area (TPSA) is 52.6 Å². The number of benzene rings is 1. The lowest BCUT2D eigenvalue weighted by molar-refractivity contribution is -0.116. The molecule has 0 saturated carbocycles. The van der Waals surface area contributed by atoms with E-state index in [0.717, 1.165) is 56.6 Å². The van der Waals surface area contributed by atoms with Crippen LogP contribution in [0.1, 0.15) is 43.4 Å². The standard InChI is InChI=1S/C17H24N2O2/c1-12(20)19-9-3-5-13-10-14(6-7-16(13)19)17(21)15-4-2-8-18-11-15/h6-7,10,15,17-18,21H,2-5,8-9,11H2,1H3. The third kappa shape index (κ3) is 2.97. The lowest BCUT2D eigenvalue weighted by Gasteiger charge is -2.31. The van der Waals surface area contributed by atoms with E-state index in [1.54, 1.807) is 6.92 Å². The van der Waals surface area contributed by atoms with E-state index in [1.807, 2.05) is 17.0 Å². The summed E-state index contributed by atoms with van der Waals surface area (Å²) in [5, 5.41) is 14.0. The fourth-order valence-electron chi connectivity index (χ4n) is 3.55. The number of carbonyl (C=O) groups is 1. The fraction of sp³-hybridized carbons (Fsp3) is 0.588. The Hall–Kier alpha value is -1.39. The summed E-state index contributed by atoms with van der Waals surface area (Å²) in [6.07, 6.45) is 3.78. The summed E-state index contributed by atoms with van der Waals surface area (Å²) in [6.45, 7) is 4.36. The molecule has 0 bridgehead atoms. The van der Waals surface area contributed by atoms with Gasteiger partial charge in [0.05, 0.1) is 6.10 Å². The van der Waals surface area contributed by atoms with Crippen LogP contribution in [-0.2, 0) is 11.2 Å². The van der Waals surface area contributed by atoms with Crippen LogP contribution in [-0.4, -0.2) is 30.6 Å². The summed E-state index contributed by atoms with van der Waals surface area (Å²) in [7, 11) is 0. The van der Waals surface area contributed by atoms with Crippen molar-refractivity contribution in [2.75, 3.05) is 24.5 Å². The summed E-state index contributed by atoms with van der Waals surface area (Å²) in [6, 6.07) is 6.09. The Balaban J connectivity index is 1.83. The van der Waals surface area contributed by atoms with Gasteiger partial charge in [-0.2, -0.15) is 0 Å². The molecule has 2 heterocycles. The first kappa shape index (κ1) is 14.5. The van der Waals surface area contributed by atoms with Crippen LogP contribution in [0.5, 0.6) is 0 Å². The van der Waals surface area contributed by atoms with E-state index in [4.69, 9.17) is 0 Å². The number of hydrogen-bond donors (Lipinski definition) is 2. The third-order valence-corrected chi connectivity index (χ3v) is 4.73. The minimum atomic E-state index is -0.407. The lowest BCUT2D eigenvalue weighted by Crippen LogP contribution is -2.34. The maximum atomic E-state index is 11.7. The van der Waals surface area contributed by atoms with Gasteiger partial charge in [-0.25, -0.2) is 0 Å². The van der Waals surface area contributed by atoms with Gasteiger partial charge in [0.2, 0.25) is 5.91 Å². The Morgan fingerprint density at radius 1 is 1.43 bits per heavy atom. The summed E-state index contributed by atoms with van der Waals surface area (Å²) in [5.74, 6) is 0.394. The molecule has 2 aliphatic heterocycles. The molecule has 1 saturated heterocycles. The monoisotopic (exact) mass is 288 g/mol. The molecule has 2 unspecified atom stereocenters. The van der Waals surface area contributed by atoms with Crippen LogP contribution in [0.25, 0.3) is 0 Å². The molecule has 3 rings (SSSR count). The molecule has 2 N–H and O–H groups in total. The minimum absolute atomic E-state index is 0.0979. The predicted molar refractivity (Wildman–Crippen MR) is 83.3 cm³/mol. The average molecular weight is 288 g/mol. The molecule has 0 spiro atoms. The maximum absolute atomic E-state index is 11.7. The van der Waals surface area contributed by atoms with Crippen LogP contribution in [0, 0.1) is 5.92 Å². The zero-order valence-corrected chi connectivity index (χ0v) is 12.6. The van der Waals surface area contributed by atoms with E-state index in [0.29, 0.717) is 5.92 Å². The third-order valence-electron chi connectivity index (χ3n) is 4.73. The second-order valence-corrected chi connectivity index (χ2v) is 6.21. The highest BCUT2D eigenvalue weighted by molar-refractivity contribution is 5.92. The molecular weight excluding hydrogens is 264 g/mol. The highest BCUT2D eigenvalue weighted by atomic mass is 16.3. The quantitative estimate of drug-likeness (QED) is 0.875. The summed E-state index contributed by atoms with van der Waals surface area (Å²) in [4.78, 5) is 13.5. The number of nitrogens with zero attached hydrogens (tertiary/aromatic N) is 1. The molecule has 0 aliphatic carbocycles. The van der Waals surface area contributed by atoms with Crippen molar-refractivity contribution in [3.63, 3.8) is 0 Å². The molecule has 1 aromatic carbocycles. The van der Waals surface area contributed by atoms with Gasteiger partial charge in [0.15, 0.2) is 0 Å². The minimum Gasteiger partial charge on any atom is -0.388 e. The van der Waals surface area contributed by atoms with Gasteiger partial charge in [0.25, 0.3) is 0 Å². The van der Waals surface area contributed by atoms with Gasteiger partial charge < -0.3 is 15.3 Å². The number of rotatable bonds is 2. The number of anilines is 1. The van der Waals surface area contributed by atoms with Gasteiger partial charge in [-0.3, -0.25) is 4.79 Å². The summed E-state index contributed by atoms with van der Waals surface area (Å²) >= 11 is 0. The first-order valence-electron chi connectivity index (χ1n) is 7.96. The molecule has 2 aliphatic rings. The number of fused-ring (bicyclic) bond motifs is 1. The molecule has 4 nitrogen and oxygen atoms in total. The molecule has 114 valence electrons. The van der Waals surface area contributed by atoms with E-state index in [9.17, 15) is 9.90 Å². The number of aryl methyl sites for hydroxylation is 1. The zero-order chi connectivity index (χ0) is 14.8. The molecule has 1 aromatic rings. The first-order valence-corrected chi connectivity index (χ1v) is 7.96. The second-order valence-electron chi connectivity index (χ2n) is 6.21. The van der Waals surface area contributed by atoms with E-state index in [-0.39, 0.29) is 5.91 Å². The number of aliphatic hydroxyl groups excluding tert-OH is 1.